The van der Waals surface area contributed by atoms with Gasteiger partial charge in [0.2, 0.25) is 0 Å². The summed E-state index contributed by atoms with van der Waals surface area (Å²) in [6.07, 6.45) is 7.60. The van der Waals surface area contributed by atoms with Gasteiger partial charge in [-0.05, 0) is 38.0 Å². The molecule has 1 aliphatic carbocycles. The Morgan fingerprint density at radius 2 is 2.00 bits per heavy atom. The van der Waals surface area contributed by atoms with Crippen LogP contribution in [0.4, 0.5) is 0 Å². The number of benzene rings is 1. The quantitative estimate of drug-likeness (QED) is 0.624. The van der Waals surface area contributed by atoms with Crippen LogP contribution in [0.1, 0.15) is 47.8 Å². The molecule has 1 N–H and O–H groups in total. The number of aromatic nitrogens is 1. The van der Waals surface area contributed by atoms with Gasteiger partial charge in [-0.2, -0.15) is 0 Å². The summed E-state index contributed by atoms with van der Waals surface area (Å²) in [6, 6.07) is 6.33. The van der Waals surface area contributed by atoms with Crippen molar-refractivity contribution in [2.24, 2.45) is 0 Å². The van der Waals surface area contributed by atoms with Crippen LogP contribution in [0, 0.1) is 6.92 Å². The summed E-state index contributed by atoms with van der Waals surface area (Å²) < 4.78 is 12.2. The SMILES string of the molecule is COC(=O)C=CCNC(=O)c1c(C)n(C2CCCC2)c2ccc(OC)cc12. The van der Waals surface area contributed by atoms with E-state index in [0.717, 1.165) is 35.2 Å². The first kappa shape index (κ1) is 19.0. The highest BCUT2D eigenvalue weighted by Gasteiger charge is 2.26. The van der Waals surface area contributed by atoms with Gasteiger partial charge in [0.05, 0.1) is 19.8 Å². The summed E-state index contributed by atoms with van der Waals surface area (Å²) >= 11 is 0. The van der Waals surface area contributed by atoms with Gasteiger partial charge in [0.15, 0.2) is 0 Å². The number of carbonyl (C=O) groups is 2. The molecule has 1 saturated carbocycles. The number of hydrogen-bond acceptors (Lipinski definition) is 4. The van der Waals surface area contributed by atoms with E-state index < -0.39 is 5.97 Å². The van der Waals surface area contributed by atoms with E-state index in [1.165, 1.54) is 26.0 Å². The Labute approximate surface area is 159 Å². The second kappa shape index (κ2) is 8.29. The minimum absolute atomic E-state index is 0.156. The van der Waals surface area contributed by atoms with E-state index in [-0.39, 0.29) is 12.5 Å². The zero-order valence-electron chi connectivity index (χ0n) is 16.1. The maximum absolute atomic E-state index is 12.9. The van der Waals surface area contributed by atoms with Gasteiger partial charge < -0.3 is 19.4 Å². The minimum Gasteiger partial charge on any atom is -0.497 e. The Morgan fingerprint density at radius 1 is 1.26 bits per heavy atom. The highest BCUT2D eigenvalue weighted by atomic mass is 16.5. The standard InChI is InChI=1S/C21H26N2O4/c1-14-20(21(25)22-12-6-9-19(24)27-3)17-13-16(26-2)10-11-18(17)23(14)15-7-4-5-8-15/h6,9-11,13,15H,4-5,7-8,12H2,1-3H3,(H,22,25). The van der Waals surface area contributed by atoms with Crippen LogP contribution >= 0.6 is 0 Å². The van der Waals surface area contributed by atoms with Crippen LogP contribution in [0.15, 0.2) is 30.4 Å². The molecule has 1 aliphatic rings. The predicted molar refractivity (Wildman–Crippen MR) is 104 cm³/mol. The third-order valence-corrected chi connectivity index (χ3v) is 5.21. The van der Waals surface area contributed by atoms with E-state index >= 15 is 0 Å². The van der Waals surface area contributed by atoms with E-state index in [1.807, 2.05) is 25.1 Å². The van der Waals surface area contributed by atoms with E-state index in [0.29, 0.717) is 11.6 Å². The predicted octanol–water partition coefficient (Wildman–Crippen LogP) is 3.53. The van der Waals surface area contributed by atoms with Crippen molar-refractivity contribution >= 4 is 22.8 Å². The molecule has 0 aliphatic heterocycles. The zero-order chi connectivity index (χ0) is 19.4. The van der Waals surface area contributed by atoms with Crippen LogP contribution < -0.4 is 10.1 Å². The fourth-order valence-corrected chi connectivity index (χ4v) is 3.93. The molecule has 2 aromatic rings. The molecule has 27 heavy (non-hydrogen) atoms. The molecule has 0 saturated heterocycles. The number of amides is 1. The lowest BCUT2D eigenvalue weighted by Gasteiger charge is -2.16. The summed E-state index contributed by atoms with van der Waals surface area (Å²) in [6.45, 7) is 2.26. The molecular formula is C21H26N2O4. The highest BCUT2D eigenvalue weighted by molar-refractivity contribution is 6.09. The first-order valence-electron chi connectivity index (χ1n) is 9.28. The lowest BCUT2D eigenvalue weighted by molar-refractivity contribution is -0.134. The first-order chi connectivity index (χ1) is 13.1. The Hall–Kier alpha value is -2.76. The van der Waals surface area contributed by atoms with Gasteiger partial charge in [-0.25, -0.2) is 4.79 Å². The monoisotopic (exact) mass is 370 g/mol. The molecular weight excluding hydrogens is 344 g/mol. The third kappa shape index (κ3) is 3.84. The average Bonchev–Trinajstić information content (AvgIpc) is 3.29. The Morgan fingerprint density at radius 3 is 2.67 bits per heavy atom. The molecule has 144 valence electrons. The van der Waals surface area contributed by atoms with Crippen molar-refractivity contribution in [3.8, 4) is 5.75 Å². The number of methoxy groups -OCH3 is 2. The molecule has 0 unspecified atom stereocenters. The van der Waals surface area contributed by atoms with Gasteiger partial charge in [-0.15, -0.1) is 0 Å². The number of carbonyl (C=O) groups excluding carboxylic acids is 2. The van der Waals surface area contributed by atoms with Crippen molar-refractivity contribution in [2.45, 2.75) is 38.6 Å². The molecule has 1 amide bonds. The number of nitrogens with one attached hydrogen (secondary N) is 1. The Bertz CT molecular complexity index is 876. The van der Waals surface area contributed by atoms with E-state index in [9.17, 15) is 9.59 Å². The van der Waals surface area contributed by atoms with Crippen LogP contribution in [0.25, 0.3) is 10.9 Å². The first-order valence-corrected chi connectivity index (χ1v) is 9.28. The van der Waals surface area contributed by atoms with Gasteiger partial charge in [0.25, 0.3) is 5.91 Å². The summed E-state index contributed by atoms with van der Waals surface area (Å²) in [7, 11) is 2.94. The lowest BCUT2D eigenvalue weighted by atomic mass is 10.1. The molecule has 0 atom stereocenters. The molecule has 0 bridgehead atoms. The van der Waals surface area contributed by atoms with Crippen LogP contribution in [0.5, 0.6) is 5.75 Å². The van der Waals surface area contributed by atoms with Crippen molar-refractivity contribution < 1.29 is 19.1 Å². The second-order valence-electron chi connectivity index (χ2n) is 6.79. The number of esters is 1. The number of fused-ring (bicyclic) bond motifs is 1. The van der Waals surface area contributed by atoms with E-state index in [2.05, 4.69) is 14.6 Å². The van der Waals surface area contributed by atoms with Gasteiger partial charge in [-0.3, -0.25) is 4.79 Å². The van der Waals surface area contributed by atoms with Crippen LogP contribution in [-0.4, -0.2) is 37.2 Å². The summed E-state index contributed by atoms with van der Waals surface area (Å²) in [5.41, 5.74) is 2.71. The number of nitrogens with zero attached hydrogens (tertiary/aromatic N) is 1. The van der Waals surface area contributed by atoms with Crippen LogP contribution in [-0.2, 0) is 9.53 Å². The molecule has 0 radical (unpaired) electrons. The molecule has 1 fully saturated rings. The topological polar surface area (TPSA) is 69.6 Å². The van der Waals surface area contributed by atoms with E-state index in [4.69, 9.17) is 4.74 Å². The lowest BCUT2D eigenvalue weighted by Crippen LogP contribution is -2.24. The molecule has 1 aromatic carbocycles. The zero-order valence-corrected chi connectivity index (χ0v) is 16.1. The van der Waals surface area contributed by atoms with Gasteiger partial charge in [0.1, 0.15) is 5.75 Å². The summed E-state index contributed by atoms with van der Waals surface area (Å²) in [5.74, 6) is 0.130. The van der Waals surface area contributed by atoms with E-state index in [1.54, 1.807) is 13.2 Å². The molecule has 0 spiro atoms. The normalized spacial score (nSPS) is 14.8. The largest absolute Gasteiger partial charge is 0.497 e. The van der Waals surface area contributed by atoms with Crippen molar-refractivity contribution in [1.82, 2.24) is 9.88 Å². The fourth-order valence-electron chi connectivity index (χ4n) is 3.93. The molecule has 6 heteroatoms. The highest BCUT2D eigenvalue weighted by Crippen LogP contribution is 2.38. The third-order valence-electron chi connectivity index (χ3n) is 5.21. The van der Waals surface area contributed by atoms with Gasteiger partial charge >= 0.3 is 5.97 Å². The number of ether oxygens (including phenoxy) is 2. The van der Waals surface area contributed by atoms with Crippen LogP contribution in [0.2, 0.25) is 0 Å². The molecule has 6 nitrogen and oxygen atoms in total. The van der Waals surface area contributed by atoms with Gasteiger partial charge in [0, 0.05) is 35.3 Å². The van der Waals surface area contributed by atoms with Crippen molar-refractivity contribution in [3.63, 3.8) is 0 Å². The van der Waals surface area contributed by atoms with Crippen molar-refractivity contribution in [3.05, 3.63) is 41.6 Å². The Kier molecular flexibility index (Phi) is 5.84. The van der Waals surface area contributed by atoms with Crippen molar-refractivity contribution in [2.75, 3.05) is 20.8 Å². The molecule has 1 aromatic heterocycles. The summed E-state index contributed by atoms with van der Waals surface area (Å²) in [4.78, 5) is 24.0. The summed E-state index contributed by atoms with van der Waals surface area (Å²) in [5, 5.41) is 3.76. The Balaban J connectivity index is 1.95. The fraction of sp³-hybridized carbons (Fsp3) is 0.429. The average molecular weight is 370 g/mol. The maximum atomic E-state index is 12.9. The second-order valence-corrected chi connectivity index (χ2v) is 6.79. The minimum atomic E-state index is -0.442. The smallest absolute Gasteiger partial charge is 0.330 e. The molecule has 1 heterocycles. The number of hydrogen-bond donors (Lipinski definition) is 1. The molecule has 3 rings (SSSR count). The van der Waals surface area contributed by atoms with Crippen molar-refractivity contribution in [1.29, 1.82) is 0 Å². The van der Waals surface area contributed by atoms with Gasteiger partial charge in [-0.1, -0.05) is 18.9 Å². The van der Waals surface area contributed by atoms with Crippen LogP contribution in [0.3, 0.4) is 0 Å². The number of rotatable bonds is 6. The maximum Gasteiger partial charge on any atom is 0.330 e.